The lowest BCUT2D eigenvalue weighted by atomic mass is 10.0. The highest BCUT2D eigenvalue weighted by molar-refractivity contribution is 7.21. The van der Waals surface area contributed by atoms with Gasteiger partial charge < -0.3 is 19.7 Å². The first kappa shape index (κ1) is 40.0. The van der Waals surface area contributed by atoms with E-state index in [1.54, 1.807) is 36.5 Å². The van der Waals surface area contributed by atoms with Crippen molar-refractivity contribution >= 4 is 57.2 Å². The fourth-order valence-corrected chi connectivity index (χ4v) is 7.39. The second-order valence-electron chi connectivity index (χ2n) is 15.5. The lowest BCUT2D eigenvalue weighted by Gasteiger charge is -2.33. The molecule has 6 rings (SSSR count). The van der Waals surface area contributed by atoms with Gasteiger partial charge in [0.25, 0.3) is 11.8 Å². The zero-order chi connectivity index (χ0) is 40.2. The van der Waals surface area contributed by atoms with Crippen LogP contribution in [0.5, 0.6) is 5.75 Å². The number of ether oxygens (including phenoxy) is 2. The third kappa shape index (κ3) is 9.40. The Morgan fingerprint density at radius 2 is 1.64 bits per heavy atom. The van der Waals surface area contributed by atoms with Crippen LogP contribution < -0.4 is 20.3 Å². The summed E-state index contributed by atoms with van der Waals surface area (Å²) >= 11 is 1.66. The zero-order valence-electron chi connectivity index (χ0n) is 32.8. The van der Waals surface area contributed by atoms with Gasteiger partial charge in [-0.15, -0.1) is 11.3 Å². The first-order chi connectivity index (χ1) is 26.6. The number of aromatic nitrogens is 2. The molecule has 0 bridgehead atoms. The standard InChI is InChI=1S/C43H48N6O6S/c1-27(8-19-38(51)45-26-50)49-40(52)33-16-15-32(23-34(33)41(49)53)54-21-20-43(4,5)55-25-42(2,3)47-31-14-17-35-36(22-31)56-39(46-35)29-11-9-28(10-12-29)30-13-18-37(44-24-30)48(6)7/h9-18,22-24,26-27,47H,8,19-21,25H2,1-7H3,(H,45,50,51). The van der Waals surface area contributed by atoms with Crippen molar-refractivity contribution in [3.05, 3.63) is 90.1 Å². The van der Waals surface area contributed by atoms with E-state index in [9.17, 15) is 19.2 Å². The largest absolute Gasteiger partial charge is 0.493 e. The van der Waals surface area contributed by atoms with E-state index in [4.69, 9.17) is 14.5 Å². The summed E-state index contributed by atoms with van der Waals surface area (Å²) < 4.78 is 13.5. The monoisotopic (exact) mass is 776 g/mol. The Morgan fingerprint density at radius 3 is 2.34 bits per heavy atom. The molecule has 1 atom stereocenters. The van der Waals surface area contributed by atoms with Gasteiger partial charge in [-0.2, -0.15) is 0 Å². The van der Waals surface area contributed by atoms with Crippen LogP contribution in [0.2, 0.25) is 0 Å². The fraction of sp³-hybridized carbons (Fsp3) is 0.349. The molecule has 3 heterocycles. The van der Waals surface area contributed by atoms with Gasteiger partial charge >= 0.3 is 0 Å². The number of carbonyl (C=O) groups is 4. The molecule has 1 unspecified atom stereocenters. The summed E-state index contributed by atoms with van der Waals surface area (Å²) in [6.45, 7) is 10.7. The molecule has 0 radical (unpaired) electrons. The van der Waals surface area contributed by atoms with Crippen molar-refractivity contribution in [1.29, 1.82) is 0 Å². The van der Waals surface area contributed by atoms with Crippen LogP contribution in [0, 0.1) is 0 Å². The van der Waals surface area contributed by atoms with Crippen LogP contribution >= 0.6 is 11.3 Å². The summed E-state index contributed by atoms with van der Waals surface area (Å²) in [5, 5.41) is 6.66. The maximum absolute atomic E-state index is 13.2. The van der Waals surface area contributed by atoms with Gasteiger partial charge in [-0.25, -0.2) is 9.97 Å². The summed E-state index contributed by atoms with van der Waals surface area (Å²) in [6.07, 6.45) is 3.04. The van der Waals surface area contributed by atoms with E-state index >= 15 is 0 Å². The van der Waals surface area contributed by atoms with E-state index in [0.717, 1.165) is 48.3 Å². The molecule has 5 aromatic rings. The Balaban J connectivity index is 0.996. The number of benzene rings is 3. The summed E-state index contributed by atoms with van der Waals surface area (Å²) in [6, 6.07) is 23.1. The van der Waals surface area contributed by atoms with E-state index in [-0.39, 0.29) is 23.9 Å². The topological polar surface area (TPSA) is 143 Å². The number of pyridine rings is 1. The Kier molecular flexibility index (Phi) is 11.9. The number of anilines is 2. The van der Waals surface area contributed by atoms with Gasteiger partial charge in [-0.05, 0) is 95.1 Å². The number of thiazole rings is 1. The highest BCUT2D eigenvalue weighted by atomic mass is 32.1. The molecule has 56 heavy (non-hydrogen) atoms. The third-order valence-corrected chi connectivity index (χ3v) is 10.7. The number of nitrogens with one attached hydrogen (secondary N) is 2. The summed E-state index contributed by atoms with van der Waals surface area (Å²) in [4.78, 5) is 61.0. The summed E-state index contributed by atoms with van der Waals surface area (Å²) in [7, 11) is 3.96. The number of imide groups is 2. The maximum Gasteiger partial charge on any atom is 0.261 e. The molecule has 1 aliphatic heterocycles. The summed E-state index contributed by atoms with van der Waals surface area (Å²) in [5.74, 6) is 0.0895. The van der Waals surface area contributed by atoms with Crippen molar-refractivity contribution in [3.8, 4) is 27.4 Å². The van der Waals surface area contributed by atoms with Crippen molar-refractivity contribution in [2.24, 2.45) is 0 Å². The molecular formula is C43H48N6O6S. The average Bonchev–Trinajstić information content (AvgIpc) is 3.70. The van der Waals surface area contributed by atoms with E-state index in [2.05, 4.69) is 65.9 Å². The van der Waals surface area contributed by atoms with Gasteiger partial charge in [0, 0.05) is 56.0 Å². The first-order valence-corrected chi connectivity index (χ1v) is 19.4. The molecule has 0 fully saturated rings. The highest BCUT2D eigenvalue weighted by Crippen LogP contribution is 2.34. The van der Waals surface area contributed by atoms with Crippen LogP contribution in [0.15, 0.2) is 79.0 Å². The third-order valence-electron chi connectivity index (χ3n) is 9.68. The van der Waals surface area contributed by atoms with Gasteiger partial charge in [0.05, 0.1) is 45.7 Å². The molecule has 0 saturated heterocycles. The molecule has 0 aliphatic carbocycles. The van der Waals surface area contributed by atoms with Gasteiger partial charge in [0.2, 0.25) is 12.3 Å². The number of carbonyl (C=O) groups excluding carboxylic acids is 4. The molecule has 0 saturated carbocycles. The maximum atomic E-state index is 13.2. The van der Waals surface area contributed by atoms with Crippen molar-refractivity contribution in [2.45, 2.75) is 71.1 Å². The average molecular weight is 777 g/mol. The van der Waals surface area contributed by atoms with Crippen LogP contribution in [-0.4, -0.2) is 83.5 Å². The minimum absolute atomic E-state index is 0.0138. The van der Waals surface area contributed by atoms with Crippen LogP contribution in [0.25, 0.3) is 31.9 Å². The van der Waals surface area contributed by atoms with Gasteiger partial charge in [0.1, 0.15) is 16.6 Å². The molecule has 292 valence electrons. The Morgan fingerprint density at radius 1 is 0.929 bits per heavy atom. The minimum atomic E-state index is -0.519. The number of hydrogen-bond donors (Lipinski definition) is 2. The van der Waals surface area contributed by atoms with Crippen LogP contribution in [0.3, 0.4) is 0 Å². The lowest BCUT2D eigenvalue weighted by Crippen LogP contribution is -2.40. The Bertz CT molecular complexity index is 2230. The van der Waals surface area contributed by atoms with Crippen molar-refractivity contribution in [3.63, 3.8) is 0 Å². The molecule has 4 amide bonds. The lowest BCUT2D eigenvalue weighted by molar-refractivity contribution is -0.125. The number of hydrogen-bond acceptors (Lipinski definition) is 11. The molecule has 2 N–H and O–H groups in total. The van der Waals surface area contributed by atoms with Crippen molar-refractivity contribution < 1.29 is 28.7 Å². The molecule has 13 heteroatoms. The quantitative estimate of drug-likeness (QED) is 0.0717. The number of amides is 4. The fourth-order valence-electron chi connectivity index (χ4n) is 6.38. The molecule has 12 nitrogen and oxygen atoms in total. The first-order valence-electron chi connectivity index (χ1n) is 18.6. The zero-order valence-corrected chi connectivity index (χ0v) is 33.7. The van der Waals surface area contributed by atoms with E-state index < -0.39 is 29.4 Å². The van der Waals surface area contributed by atoms with Gasteiger partial charge in [-0.3, -0.25) is 29.4 Å². The molecule has 3 aromatic carbocycles. The minimum Gasteiger partial charge on any atom is -0.493 e. The number of rotatable bonds is 17. The number of nitrogens with zero attached hydrogens (tertiary/aromatic N) is 4. The Hall–Kier alpha value is -5.66. The summed E-state index contributed by atoms with van der Waals surface area (Å²) in [5.41, 5.74) is 4.83. The van der Waals surface area contributed by atoms with Gasteiger partial charge in [-0.1, -0.05) is 24.3 Å². The molecule has 2 aromatic heterocycles. The van der Waals surface area contributed by atoms with E-state index in [1.807, 2.05) is 57.2 Å². The van der Waals surface area contributed by atoms with E-state index in [1.165, 1.54) is 0 Å². The normalized spacial score (nSPS) is 13.4. The molecular weight excluding hydrogens is 729 g/mol. The van der Waals surface area contributed by atoms with Crippen LogP contribution in [0.1, 0.15) is 74.6 Å². The van der Waals surface area contributed by atoms with Crippen LogP contribution in [-0.2, 0) is 14.3 Å². The van der Waals surface area contributed by atoms with Crippen molar-refractivity contribution in [1.82, 2.24) is 20.2 Å². The highest BCUT2D eigenvalue weighted by Gasteiger charge is 2.39. The predicted octanol–water partition coefficient (Wildman–Crippen LogP) is 7.58. The smallest absolute Gasteiger partial charge is 0.261 e. The second-order valence-corrected chi connectivity index (χ2v) is 16.5. The molecule has 0 spiro atoms. The predicted molar refractivity (Wildman–Crippen MR) is 220 cm³/mol. The SMILES string of the molecule is CC(CCC(=O)NC=O)N1C(=O)c2ccc(OCCC(C)(C)OCC(C)(C)Nc3ccc4nc(-c5ccc(-c6ccc(N(C)C)nc6)cc5)sc4c3)cc2C1=O. The second kappa shape index (κ2) is 16.6. The van der Waals surface area contributed by atoms with E-state index in [0.29, 0.717) is 37.4 Å². The van der Waals surface area contributed by atoms with Crippen molar-refractivity contribution in [2.75, 3.05) is 37.5 Å². The van der Waals surface area contributed by atoms with Crippen LogP contribution in [0.4, 0.5) is 11.5 Å². The Labute approximate surface area is 331 Å². The number of fused-ring (bicyclic) bond motifs is 2. The molecule has 1 aliphatic rings. The van der Waals surface area contributed by atoms with Gasteiger partial charge in [0.15, 0.2) is 0 Å².